The van der Waals surface area contributed by atoms with E-state index in [2.05, 4.69) is 9.35 Å². The van der Waals surface area contributed by atoms with Crippen molar-refractivity contribution in [2.24, 2.45) is 10.1 Å². The number of alkyl halides is 3. The lowest BCUT2D eigenvalue weighted by atomic mass is 9.95. The van der Waals surface area contributed by atoms with Gasteiger partial charge in [0.1, 0.15) is 11.5 Å². The van der Waals surface area contributed by atoms with Crippen molar-refractivity contribution in [2.75, 3.05) is 11.5 Å². The first-order valence-electron chi connectivity index (χ1n) is 10.4. The molecule has 0 saturated heterocycles. The summed E-state index contributed by atoms with van der Waals surface area (Å²) in [6.45, 7) is 3.25. The Labute approximate surface area is 195 Å². The zero-order valence-electron chi connectivity index (χ0n) is 18.6. The first-order chi connectivity index (χ1) is 15.6. The van der Waals surface area contributed by atoms with Gasteiger partial charge >= 0.3 is 6.18 Å². The zero-order chi connectivity index (χ0) is 25.4. The maximum Gasteiger partial charge on any atom is 0.423 e. The molecule has 12 heteroatoms. The van der Waals surface area contributed by atoms with Crippen molar-refractivity contribution in [3.8, 4) is 11.5 Å². The van der Waals surface area contributed by atoms with Gasteiger partial charge in [0, 0.05) is 17.9 Å². The number of rotatable bonds is 7. The van der Waals surface area contributed by atoms with E-state index in [0.717, 1.165) is 12.3 Å². The van der Waals surface area contributed by atoms with Crippen LogP contribution >= 0.6 is 0 Å². The summed E-state index contributed by atoms with van der Waals surface area (Å²) in [5, 5.41) is 20.5. The highest BCUT2D eigenvalue weighted by atomic mass is 32.2. The van der Waals surface area contributed by atoms with Gasteiger partial charge in [-0.05, 0) is 50.1 Å². The van der Waals surface area contributed by atoms with Gasteiger partial charge in [-0.1, -0.05) is 12.1 Å². The van der Waals surface area contributed by atoms with Crippen LogP contribution in [0.5, 0.6) is 11.5 Å². The van der Waals surface area contributed by atoms with Gasteiger partial charge in [-0.3, -0.25) is 9.78 Å². The van der Waals surface area contributed by atoms with Gasteiger partial charge in [-0.25, -0.2) is 4.21 Å². The number of hydrogen-bond donors (Lipinski definition) is 3. The molecule has 1 aliphatic rings. The van der Waals surface area contributed by atoms with Gasteiger partial charge in [0.25, 0.3) is 5.91 Å². The van der Waals surface area contributed by atoms with E-state index in [0.29, 0.717) is 11.3 Å². The van der Waals surface area contributed by atoms with E-state index in [-0.39, 0.29) is 17.9 Å². The molecular formula is C22H26F3N3O5S. The number of aliphatic hydroxyl groups is 2. The van der Waals surface area contributed by atoms with E-state index >= 15 is 0 Å². The fraction of sp³-hybridized carbons (Fsp3) is 0.455. The summed E-state index contributed by atoms with van der Waals surface area (Å²) in [5.74, 6) is -1.10. The van der Waals surface area contributed by atoms with Crippen LogP contribution in [0.4, 0.5) is 13.2 Å². The summed E-state index contributed by atoms with van der Waals surface area (Å²) in [5.41, 5.74) is 1.01. The minimum absolute atomic E-state index is 0.0483. The van der Waals surface area contributed by atoms with Crippen LogP contribution in [0.15, 0.2) is 47.0 Å². The van der Waals surface area contributed by atoms with E-state index in [1.54, 1.807) is 38.1 Å². The monoisotopic (exact) mass is 501 g/mol. The third-order valence-corrected chi connectivity index (χ3v) is 7.76. The number of hydrogen-bond acceptors (Lipinski definition) is 7. The van der Waals surface area contributed by atoms with Gasteiger partial charge in [0.15, 0.2) is 0 Å². The van der Waals surface area contributed by atoms with Crippen LogP contribution in [0.2, 0.25) is 0 Å². The van der Waals surface area contributed by atoms with Crippen LogP contribution in [0.1, 0.15) is 37.9 Å². The molecule has 0 spiro atoms. The lowest BCUT2D eigenvalue weighted by molar-refractivity contribution is -0.268. The molecular weight excluding hydrogens is 475 g/mol. The molecule has 3 atom stereocenters. The third kappa shape index (κ3) is 5.74. The molecule has 2 aromatic rings. The number of nitrogens with two attached hydrogens (primary N) is 1. The van der Waals surface area contributed by atoms with Crippen LogP contribution in [0, 0.1) is 0 Å². The van der Waals surface area contributed by atoms with Crippen LogP contribution in [-0.4, -0.2) is 49.0 Å². The Morgan fingerprint density at radius 1 is 1.12 bits per heavy atom. The van der Waals surface area contributed by atoms with Crippen molar-refractivity contribution in [1.82, 2.24) is 4.98 Å². The van der Waals surface area contributed by atoms with Crippen LogP contribution in [-0.2, 0) is 25.7 Å². The van der Waals surface area contributed by atoms with E-state index in [1.807, 2.05) is 0 Å². The molecule has 0 saturated carbocycles. The lowest BCUT2D eigenvalue weighted by Gasteiger charge is -2.31. The molecule has 1 aromatic heterocycles. The number of carbonyl (C=O) groups excluding carboxylic acids is 1. The quantitative estimate of drug-likeness (QED) is 0.531. The third-order valence-electron chi connectivity index (χ3n) is 5.53. The second kappa shape index (κ2) is 9.25. The maximum atomic E-state index is 13.8. The zero-order valence-corrected chi connectivity index (χ0v) is 19.4. The van der Waals surface area contributed by atoms with Crippen molar-refractivity contribution in [3.05, 3.63) is 53.9 Å². The number of pyridine rings is 1. The molecule has 34 heavy (non-hydrogen) atoms. The molecule has 8 nitrogen and oxygen atoms in total. The van der Waals surface area contributed by atoms with E-state index in [9.17, 15) is 32.4 Å². The highest BCUT2D eigenvalue weighted by molar-refractivity contribution is 7.93. The molecule has 0 aliphatic carbocycles. The lowest BCUT2D eigenvalue weighted by Crippen LogP contribution is -2.45. The Balaban J connectivity index is 1.79. The SMILES string of the molecule is CC(C)(O)c1ccc(Oc2ccc(C(O)(CCS3(=O)=NC(=O)[C@@H](N)CC3)C(F)(F)F)nc2)cc1. The van der Waals surface area contributed by atoms with Gasteiger partial charge in [0.05, 0.1) is 33.3 Å². The summed E-state index contributed by atoms with van der Waals surface area (Å²) in [7, 11) is -3.27. The molecule has 2 heterocycles. The van der Waals surface area contributed by atoms with Gasteiger partial charge < -0.3 is 20.7 Å². The summed E-state index contributed by atoms with van der Waals surface area (Å²) < 4.78 is 63.3. The fourth-order valence-corrected chi connectivity index (χ4v) is 5.42. The Bertz CT molecular complexity index is 1150. The molecule has 0 fully saturated rings. The largest absolute Gasteiger partial charge is 0.456 e. The molecule has 0 radical (unpaired) electrons. The van der Waals surface area contributed by atoms with Crippen molar-refractivity contribution >= 4 is 15.6 Å². The number of amides is 1. The van der Waals surface area contributed by atoms with E-state index in [1.165, 1.54) is 6.07 Å². The minimum Gasteiger partial charge on any atom is -0.456 e. The van der Waals surface area contributed by atoms with E-state index in [4.69, 9.17) is 10.5 Å². The van der Waals surface area contributed by atoms with Crippen molar-refractivity contribution in [3.63, 3.8) is 0 Å². The molecule has 3 rings (SSSR count). The molecule has 1 amide bonds. The number of nitrogens with zero attached hydrogens (tertiary/aromatic N) is 2. The van der Waals surface area contributed by atoms with Crippen molar-refractivity contribution in [2.45, 2.75) is 50.1 Å². The molecule has 0 bridgehead atoms. The fourth-order valence-electron chi connectivity index (χ4n) is 3.33. The van der Waals surface area contributed by atoms with Gasteiger partial charge in [-0.2, -0.15) is 17.5 Å². The summed E-state index contributed by atoms with van der Waals surface area (Å²) in [6.07, 6.45) is -5.04. The van der Waals surface area contributed by atoms with Gasteiger partial charge in [-0.15, -0.1) is 0 Å². The number of ether oxygens (including phenoxy) is 1. The molecule has 2 unspecified atom stereocenters. The van der Waals surface area contributed by atoms with Crippen LogP contribution in [0.25, 0.3) is 0 Å². The second-order valence-electron chi connectivity index (χ2n) is 8.68. The summed E-state index contributed by atoms with van der Waals surface area (Å²) in [4.78, 5) is 15.4. The summed E-state index contributed by atoms with van der Waals surface area (Å²) >= 11 is 0. The molecule has 4 N–H and O–H groups in total. The number of benzene rings is 1. The highest BCUT2D eigenvalue weighted by Gasteiger charge is 2.56. The number of carbonyl (C=O) groups is 1. The van der Waals surface area contributed by atoms with Crippen molar-refractivity contribution in [1.29, 1.82) is 0 Å². The normalized spacial score (nSPS) is 23.2. The Kier molecular flexibility index (Phi) is 7.09. The Morgan fingerprint density at radius 2 is 1.74 bits per heavy atom. The standard InChI is InChI=1S/C22H26F3N3O5S/c1-20(2,30)14-3-5-15(6-4-14)33-16-7-8-18(27-13-16)21(31,22(23,24)25)10-12-34(32)11-9-17(26)19(29)28-34/h3-8,13,17,30-31H,9-12,26H2,1-2H3/t17-,21?,34?/m0/s1. The van der Waals surface area contributed by atoms with Gasteiger partial charge in [0.2, 0.25) is 5.60 Å². The molecule has 186 valence electrons. The van der Waals surface area contributed by atoms with Crippen LogP contribution in [0.3, 0.4) is 0 Å². The van der Waals surface area contributed by atoms with Crippen molar-refractivity contribution < 1.29 is 37.1 Å². The minimum atomic E-state index is -5.12. The topological polar surface area (TPSA) is 135 Å². The van der Waals surface area contributed by atoms with E-state index < -0.39 is 56.9 Å². The number of aromatic nitrogens is 1. The maximum absolute atomic E-state index is 13.8. The van der Waals surface area contributed by atoms with Crippen LogP contribution < -0.4 is 10.5 Å². The summed E-state index contributed by atoms with van der Waals surface area (Å²) in [6, 6.07) is 7.74. The highest BCUT2D eigenvalue weighted by Crippen LogP contribution is 2.42. The second-order valence-corrected chi connectivity index (χ2v) is 11.2. The average molecular weight is 502 g/mol. The molecule has 1 aromatic carbocycles. The first-order valence-corrected chi connectivity index (χ1v) is 12.3. The predicted octanol–water partition coefficient (Wildman–Crippen LogP) is 2.97. The Morgan fingerprint density at radius 3 is 2.24 bits per heavy atom. The molecule has 1 aliphatic heterocycles. The average Bonchev–Trinajstić information content (AvgIpc) is 2.74. The first kappa shape index (κ1) is 26.1. The number of halogens is 3. The predicted molar refractivity (Wildman–Crippen MR) is 118 cm³/mol. The smallest absolute Gasteiger partial charge is 0.423 e. The Hall–Kier alpha value is -2.54.